The maximum Gasteiger partial charge on any atom is 0.0537 e. The van der Waals surface area contributed by atoms with Crippen LogP contribution in [-0.4, -0.2) is 21.5 Å². The van der Waals surface area contributed by atoms with Crippen molar-refractivity contribution in [3.8, 4) is 0 Å². The number of aliphatic hydroxyl groups excluding tert-OH is 1. The van der Waals surface area contributed by atoms with Crippen LogP contribution in [0.25, 0.3) is 0 Å². The van der Waals surface area contributed by atoms with E-state index in [1.165, 1.54) is 10.2 Å². The predicted molar refractivity (Wildman–Crippen MR) is 24.3 cm³/mol. The maximum absolute atomic E-state index is 8.47. The molecule has 0 spiro atoms. The van der Waals surface area contributed by atoms with Gasteiger partial charge in [-0.25, -0.2) is 0 Å². The molecule has 0 saturated heterocycles. The van der Waals surface area contributed by atoms with Crippen LogP contribution >= 0.6 is 0 Å². The van der Waals surface area contributed by atoms with Gasteiger partial charge in [-0.1, -0.05) is 0 Å². The lowest BCUT2D eigenvalue weighted by molar-refractivity contribution is 0.279. The minimum atomic E-state index is 0.113. The average molecular weight is 88.2 g/mol. The van der Waals surface area contributed by atoms with Crippen molar-refractivity contribution < 1.29 is 5.11 Å². The van der Waals surface area contributed by atoms with E-state index >= 15 is 0 Å². The second-order valence-electron chi connectivity index (χ2n) is 1.78. The topological polar surface area (TPSA) is 20.2 Å². The van der Waals surface area contributed by atoms with E-state index in [1.807, 2.05) is 0 Å². The smallest absolute Gasteiger partial charge is 0.0537 e. The Labute approximate surface area is 34.4 Å². The lowest BCUT2D eigenvalue weighted by atomic mass is 10.9. The molecule has 0 heterocycles. The molecule has 1 rings (SSSR count). The summed E-state index contributed by atoms with van der Waals surface area (Å²) in [5.41, 5.74) is 0.745. The van der Waals surface area contributed by atoms with Gasteiger partial charge in [-0.3, -0.25) is 0 Å². The first-order valence-electron chi connectivity index (χ1n) is 1.99. The first-order valence-corrected chi connectivity index (χ1v) is 3.14. The SMILES string of the molecule is OC1CC1[SiH3]. The van der Waals surface area contributed by atoms with Gasteiger partial charge < -0.3 is 5.11 Å². The fourth-order valence-corrected chi connectivity index (χ4v) is 0.785. The maximum atomic E-state index is 8.47. The van der Waals surface area contributed by atoms with Gasteiger partial charge in [-0.05, 0) is 12.0 Å². The summed E-state index contributed by atoms with van der Waals surface area (Å²) in [6, 6.07) is 0. The fourth-order valence-electron chi connectivity index (χ4n) is 0.302. The van der Waals surface area contributed by atoms with Crippen LogP contribution in [0.4, 0.5) is 0 Å². The molecule has 30 valence electrons. The molecular weight excluding hydrogens is 80.1 g/mol. The third-order valence-corrected chi connectivity index (χ3v) is 2.31. The lowest BCUT2D eigenvalue weighted by Gasteiger charge is -1.68. The quantitative estimate of drug-likeness (QED) is 0.373. The molecule has 0 radical (unpaired) electrons. The van der Waals surface area contributed by atoms with Gasteiger partial charge in [0.05, 0.1) is 6.10 Å². The normalized spacial score (nSPS) is 49.8. The molecule has 0 aliphatic heterocycles. The van der Waals surface area contributed by atoms with Crippen LogP contribution in [0.3, 0.4) is 0 Å². The van der Waals surface area contributed by atoms with Crippen LogP contribution in [0.5, 0.6) is 0 Å². The Morgan fingerprint density at radius 2 is 2.00 bits per heavy atom. The summed E-state index contributed by atoms with van der Waals surface area (Å²) in [6.07, 6.45) is 1.20. The monoisotopic (exact) mass is 88.0 g/mol. The zero-order valence-electron chi connectivity index (χ0n) is 3.31. The summed E-state index contributed by atoms with van der Waals surface area (Å²) in [4.78, 5) is 0. The van der Waals surface area contributed by atoms with Crippen molar-refractivity contribution in [3.05, 3.63) is 0 Å². The molecule has 1 fully saturated rings. The van der Waals surface area contributed by atoms with Crippen molar-refractivity contribution in [1.82, 2.24) is 0 Å². The standard InChI is InChI=1S/C3H8OSi/c4-2-1-3(2)5/h2-4H,1H2,5H3. The summed E-state index contributed by atoms with van der Waals surface area (Å²) in [7, 11) is 1.19. The van der Waals surface area contributed by atoms with Crippen molar-refractivity contribution in [2.75, 3.05) is 0 Å². The molecule has 5 heavy (non-hydrogen) atoms. The summed E-state index contributed by atoms with van der Waals surface area (Å²) in [6.45, 7) is 0. The van der Waals surface area contributed by atoms with E-state index in [-0.39, 0.29) is 6.10 Å². The van der Waals surface area contributed by atoms with E-state index in [0.29, 0.717) is 0 Å². The van der Waals surface area contributed by atoms with Crippen molar-refractivity contribution in [1.29, 1.82) is 0 Å². The highest BCUT2D eigenvalue weighted by Gasteiger charge is 2.29. The Bertz CT molecular complexity index is 40.2. The van der Waals surface area contributed by atoms with Gasteiger partial charge in [0.25, 0.3) is 0 Å². The minimum Gasteiger partial charge on any atom is -0.393 e. The third kappa shape index (κ3) is 0.519. The van der Waals surface area contributed by atoms with Crippen molar-refractivity contribution >= 4 is 10.2 Å². The summed E-state index contributed by atoms with van der Waals surface area (Å²) >= 11 is 0. The van der Waals surface area contributed by atoms with Crippen LogP contribution in [0.2, 0.25) is 5.54 Å². The number of aliphatic hydroxyl groups is 1. The highest BCUT2D eigenvalue weighted by molar-refractivity contribution is 6.14. The van der Waals surface area contributed by atoms with Gasteiger partial charge in [0.2, 0.25) is 0 Å². The van der Waals surface area contributed by atoms with Crippen molar-refractivity contribution in [2.24, 2.45) is 0 Å². The second kappa shape index (κ2) is 0.818. The molecule has 1 aliphatic carbocycles. The van der Waals surface area contributed by atoms with E-state index in [1.54, 1.807) is 0 Å². The Balaban J connectivity index is 2.20. The molecule has 2 atom stereocenters. The van der Waals surface area contributed by atoms with E-state index in [9.17, 15) is 0 Å². The molecule has 1 N–H and O–H groups in total. The molecule has 0 amide bonds. The molecular formula is C3H8OSi. The van der Waals surface area contributed by atoms with Crippen LogP contribution < -0.4 is 0 Å². The highest BCUT2D eigenvalue weighted by Crippen LogP contribution is 2.32. The molecule has 0 aromatic rings. The van der Waals surface area contributed by atoms with Crippen molar-refractivity contribution in [3.63, 3.8) is 0 Å². The molecule has 2 unspecified atom stereocenters. The van der Waals surface area contributed by atoms with E-state index in [4.69, 9.17) is 5.11 Å². The van der Waals surface area contributed by atoms with Gasteiger partial charge in [-0.15, -0.1) is 0 Å². The Kier molecular flexibility index (Phi) is 0.552. The van der Waals surface area contributed by atoms with Crippen LogP contribution in [-0.2, 0) is 0 Å². The Morgan fingerprint density at radius 1 is 1.80 bits per heavy atom. The molecule has 0 bridgehead atoms. The number of hydrogen-bond acceptors (Lipinski definition) is 1. The van der Waals surface area contributed by atoms with Gasteiger partial charge in [0, 0.05) is 10.2 Å². The second-order valence-corrected chi connectivity index (χ2v) is 3.26. The molecule has 1 saturated carbocycles. The zero-order chi connectivity index (χ0) is 3.86. The molecule has 0 aromatic heterocycles. The van der Waals surface area contributed by atoms with E-state index < -0.39 is 0 Å². The van der Waals surface area contributed by atoms with Crippen LogP contribution in [0.15, 0.2) is 0 Å². The third-order valence-electron chi connectivity index (χ3n) is 1.07. The first kappa shape index (κ1) is 3.37. The van der Waals surface area contributed by atoms with Crippen LogP contribution in [0.1, 0.15) is 6.42 Å². The van der Waals surface area contributed by atoms with Crippen LogP contribution in [0, 0.1) is 0 Å². The fraction of sp³-hybridized carbons (Fsp3) is 1.00. The lowest BCUT2D eigenvalue weighted by Crippen LogP contribution is -1.74. The summed E-state index contributed by atoms with van der Waals surface area (Å²) in [5, 5.41) is 8.47. The van der Waals surface area contributed by atoms with Gasteiger partial charge in [-0.2, -0.15) is 0 Å². The van der Waals surface area contributed by atoms with Crippen molar-refractivity contribution in [2.45, 2.75) is 18.1 Å². The summed E-state index contributed by atoms with van der Waals surface area (Å²) in [5.74, 6) is 0. The Hall–Kier alpha value is 0.177. The van der Waals surface area contributed by atoms with E-state index in [0.717, 1.165) is 12.0 Å². The van der Waals surface area contributed by atoms with Gasteiger partial charge in [0.1, 0.15) is 0 Å². The summed E-state index contributed by atoms with van der Waals surface area (Å²) < 4.78 is 0. The minimum absolute atomic E-state index is 0.113. The molecule has 1 nitrogen and oxygen atoms in total. The number of hydrogen-bond donors (Lipinski definition) is 1. The largest absolute Gasteiger partial charge is 0.393 e. The Morgan fingerprint density at radius 3 is 2.00 bits per heavy atom. The average Bonchev–Trinajstić information content (AvgIpc) is 1.79. The zero-order valence-corrected chi connectivity index (χ0v) is 5.31. The molecule has 1 aliphatic rings. The molecule has 2 heteroatoms. The molecule has 0 aromatic carbocycles. The highest BCUT2D eigenvalue weighted by atomic mass is 28.1. The van der Waals surface area contributed by atoms with Gasteiger partial charge in [0.15, 0.2) is 0 Å². The predicted octanol–water partition coefficient (Wildman–Crippen LogP) is -1.10. The number of rotatable bonds is 0. The first-order chi connectivity index (χ1) is 2.30. The van der Waals surface area contributed by atoms with E-state index in [2.05, 4.69) is 0 Å². The van der Waals surface area contributed by atoms with Gasteiger partial charge >= 0.3 is 0 Å².